The van der Waals surface area contributed by atoms with E-state index >= 15 is 0 Å². The first-order valence-electron chi connectivity index (χ1n) is 5.36. The Kier molecular flexibility index (Phi) is 3.60. The predicted molar refractivity (Wildman–Crippen MR) is 62.3 cm³/mol. The van der Waals surface area contributed by atoms with Crippen LogP contribution < -0.4 is 5.32 Å². The van der Waals surface area contributed by atoms with E-state index in [0.29, 0.717) is 6.42 Å². The zero-order valence-corrected chi connectivity index (χ0v) is 10.4. The Bertz CT molecular complexity index is 499. The molecule has 0 atom stereocenters. The van der Waals surface area contributed by atoms with Gasteiger partial charge in [0, 0.05) is 4.88 Å². The molecule has 1 aliphatic rings. The molecule has 0 aromatic carbocycles. The summed E-state index contributed by atoms with van der Waals surface area (Å²) in [4.78, 5) is 23.6. The van der Waals surface area contributed by atoms with Gasteiger partial charge in [-0.3, -0.25) is 4.79 Å². The van der Waals surface area contributed by atoms with Gasteiger partial charge in [-0.15, -0.1) is 11.3 Å². The van der Waals surface area contributed by atoms with Crippen LogP contribution in [0.2, 0.25) is 0 Å². The first-order chi connectivity index (χ1) is 8.54. The molecule has 98 valence electrons. The van der Waals surface area contributed by atoms with Crippen molar-refractivity contribution < 1.29 is 23.1 Å². The quantitative estimate of drug-likeness (QED) is 0.861. The van der Waals surface area contributed by atoms with Gasteiger partial charge in [0.2, 0.25) is 0 Å². The van der Waals surface area contributed by atoms with E-state index in [1.165, 1.54) is 18.4 Å². The number of esters is 1. The van der Waals surface area contributed by atoms with Gasteiger partial charge in [0.05, 0.1) is 12.7 Å². The number of halogens is 2. The summed E-state index contributed by atoms with van der Waals surface area (Å²) in [6, 6.07) is 0. The van der Waals surface area contributed by atoms with Crippen LogP contribution in [0.3, 0.4) is 0 Å². The summed E-state index contributed by atoms with van der Waals surface area (Å²) in [5.41, 5.74) is 1.04. The van der Waals surface area contributed by atoms with Crippen LogP contribution in [0, 0.1) is 0 Å². The van der Waals surface area contributed by atoms with Crippen molar-refractivity contribution in [3.05, 3.63) is 16.0 Å². The number of thiophene rings is 1. The molecule has 1 aromatic heterocycles. The highest BCUT2D eigenvalue weighted by atomic mass is 32.1. The number of hydrogen-bond acceptors (Lipinski definition) is 4. The topological polar surface area (TPSA) is 55.4 Å². The summed E-state index contributed by atoms with van der Waals surface area (Å²) >= 11 is 1.17. The van der Waals surface area contributed by atoms with Gasteiger partial charge in [-0.25, -0.2) is 4.79 Å². The van der Waals surface area contributed by atoms with Crippen LogP contribution in [0.1, 0.15) is 27.2 Å². The maximum Gasteiger partial charge on any atom is 0.341 e. The fourth-order valence-electron chi connectivity index (χ4n) is 1.98. The van der Waals surface area contributed by atoms with Crippen LogP contribution in [-0.4, -0.2) is 25.4 Å². The lowest BCUT2D eigenvalue weighted by Gasteiger charge is -2.06. The van der Waals surface area contributed by atoms with Gasteiger partial charge in [-0.05, 0) is 24.8 Å². The van der Waals surface area contributed by atoms with Crippen LogP contribution in [0.4, 0.5) is 13.8 Å². The fraction of sp³-hybridized carbons (Fsp3) is 0.455. The molecule has 1 aromatic rings. The monoisotopic (exact) mass is 275 g/mol. The third-order valence-corrected chi connectivity index (χ3v) is 3.95. The number of aryl methyl sites for hydroxylation is 1. The van der Waals surface area contributed by atoms with E-state index in [2.05, 4.69) is 10.1 Å². The standard InChI is InChI=1S/C11H11F2NO3S/c1-17-11(16)7-5-3-2-4-6(5)18-10(7)14-9(15)8(12)13/h8H,2-4H2,1H3,(H,14,15). The molecule has 2 rings (SSSR count). The number of carbonyl (C=O) groups is 2. The number of carbonyl (C=O) groups excluding carboxylic acids is 2. The summed E-state index contributed by atoms with van der Waals surface area (Å²) in [7, 11) is 1.22. The lowest BCUT2D eigenvalue weighted by molar-refractivity contribution is -0.126. The maximum atomic E-state index is 12.2. The number of anilines is 1. The van der Waals surface area contributed by atoms with Crippen LogP contribution in [0.15, 0.2) is 0 Å². The van der Waals surface area contributed by atoms with Crippen LogP contribution >= 0.6 is 11.3 Å². The number of amides is 1. The molecule has 1 aliphatic carbocycles. The molecule has 4 nitrogen and oxygen atoms in total. The van der Waals surface area contributed by atoms with E-state index in [0.717, 1.165) is 23.3 Å². The maximum absolute atomic E-state index is 12.2. The van der Waals surface area contributed by atoms with Crippen molar-refractivity contribution in [3.63, 3.8) is 0 Å². The third-order valence-electron chi connectivity index (χ3n) is 2.75. The average Bonchev–Trinajstić information content (AvgIpc) is 2.87. The molecular weight excluding hydrogens is 264 g/mol. The van der Waals surface area contributed by atoms with E-state index in [9.17, 15) is 18.4 Å². The number of fused-ring (bicyclic) bond motifs is 1. The molecule has 0 saturated heterocycles. The summed E-state index contributed by atoms with van der Waals surface area (Å²) in [5, 5.41) is 2.25. The molecule has 1 heterocycles. The molecule has 1 amide bonds. The van der Waals surface area contributed by atoms with Gasteiger partial charge >= 0.3 is 12.4 Å². The van der Waals surface area contributed by atoms with E-state index < -0.39 is 18.3 Å². The molecule has 0 fully saturated rings. The smallest absolute Gasteiger partial charge is 0.341 e. The van der Waals surface area contributed by atoms with Crippen molar-refractivity contribution in [2.24, 2.45) is 0 Å². The van der Waals surface area contributed by atoms with Crippen LogP contribution in [0.25, 0.3) is 0 Å². The first-order valence-corrected chi connectivity index (χ1v) is 6.18. The van der Waals surface area contributed by atoms with Crippen molar-refractivity contribution >= 4 is 28.2 Å². The predicted octanol–water partition coefficient (Wildman–Crippen LogP) is 2.23. The minimum Gasteiger partial charge on any atom is -0.465 e. The van der Waals surface area contributed by atoms with Crippen molar-refractivity contribution in [3.8, 4) is 0 Å². The number of nitrogens with one attached hydrogen (secondary N) is 1. The van der Waals surface area contributed by atoms with Gasteiger partial charge in [-0.2, -0.15) is 8.78 Å². The Morgan fingerprint density at radius 2 is 2.11 bits per heavy atom. The van der Waals surface area contributed by atoms with Gasteiger partial charge in [0.15, 0.2) is 0 Å². The Hall–Kier alpha value is -1.50. The van der Waals surface area contributed by atoms with Crippen molar-refractivity contribution in [1.29, 1.82) is 0 Å². The average molecular weight is 275 g/mol. The van der Waals surface area contributed by atoms with E-state index in [1.54, 1.807) is 0 Å². The van der Waals surface area contributed by atoms with Gasteiger partial charge in [0.1, 0.15) is 5.00 Å². The molecule has 0 bridgehead atoms. The fourth-order valence-corrected chi connectivity index (χ4v) is 3.26. The number of alkyl halides is 2. The Morgan fingerprint density at radius 3 is 2.72 bits per heavy atom. The summed E-state index contributed by atoms with van der Waals surface area (Å²) < 4.78 is 29.0. The lowest BCUT2D eigenvalue weighted by Crippen LogP contribution is -2.21. The molecule has 0 radical (unpaired) electrons. The van der Waals surface area contributed by atoms with E-state index in [-0.39, 0.29) is 10.6 Å². The third kappa shape index (κ3) is 2.22. The molecule has 0 unspecified atom stereocenters. The highest BCUT2D eigenvalue weighted by Gasteiger charge is 2.29. The molecule has 0 saturated carbocycles. The molecule has 0 aliphatic heterocycles. The second-order valence-electron chi connectivity index (χ2n) is 3.84. The minimum absolute atomic E-state index is 0.164. The van der Waals surface area contributed by atoms with Gasteiger partial charge < -0.3 is 10.1 Å². The Morgan fingerprint density at radius 1 is 1.39 bits per heavy atom. The van der Waals surface area contributed by atoms with Crippen molar-refractivity contribution in [1.82, 2.24) is 0 Å². The zero-order valence-electron chi connectivity index (χ0n) is 9.59. The van der Waals surface area contributed by atoms with Crippen LogP contribution in [0.5, 0.6) is 0 Å². The second-order valence-corrected chi connectivity index (χ2v) is 4.95. The number of methoxy groups -OCH3 is 1. The number of hydrogen-bond donors (Lipinski definition) is 1. The summed E-state index contributed by atoms with van der Waals surface area (Å²) in [5.74, 6) is -2.00. The Labute approximate surface area is 106 Å². The first kappa shape index (κ1) is 12.9. The normalized spacial score (nSPS) is 13.6. The SMILES string of the molecule is COC(=O)c1c(NC(=O)C(F)F)sc2c1CCC2. The molecular formula is C11H11F2NO3S. The molecule has 0 spiro atoms. The second kappa shape index (κ2) is 5.01. The van der Waals surface area contributed by atoms with E-state index in [4.69, 9.17) is 0 Å². The highest BCUT2D eigenvalue weighted by Crippen LogP contribution is 2.39. The van der Waals surface area contributed by atoms with Crippen molar-refractivity contribution in [2.75, 3.05) is 12.4 Å². The van der Waals surface area contributed by atoms with Crippen LogP contribution in [-0.2, 0) is 22.4 Å². The number of ether oxygens (including phenoxy) is 1. The summed E-state index contributed by atoms with van der Waals surface area (Å²) in [6.45, 7) is 0. The zero-order chi connectivity index (χ0) is 13.3. The largest absolute Gasteiger partial charge is 0.465 e. The molecule has 7 heteroatoms. The van der Waals surface area contributed by atoms with Gasteiger partial charge in [-0.1, -0.05) is 0 Å². The highest BCUT2D eigenvalue weighted by molar-refractivity contribution is 7.17. The van der Waals surface area contributed by atoms with E-state index in [1.807, 2.05) is 0 Å². The molecule has 18 heavy (non-hydrogen) atoms. The summed E-state index contributed by atoms with van der Waals surface area (Å²) in [6.07, 6.45) is -0.670. The number of rotatable bonds is 3. The lowest BCUT2D eigenvalue weighted by atomic mass is 10.1. The van der Waals surface area contributed by atoms with Gasteiger partial charge in [0.25, 0.3) is 5.91 Å². The minimum atomic E-state index is -3.10. The van der Waals surface area contributed by atoms with Crippen molar-refractivity contribution in [2.45, 2.75) is 25.7 Å². The Balaban J connectivity index is 2.35. The molecule has 1 N–H and O–H groups in total.